The van der Waals surface area contributed by atoms with E-state index in [-0.39, 0.29) is 0 Å². The second-order valence-electron chi connectivity index (χ2n) is 6.36. The third-order valence-corrected chi connectivity index (χ3v) is 4.85. The van der Waals surface area contributed by atoms with Gasteiger partial charge < -0.3 is 11.1 Å². The second-order valence-corrected chi connectivity index (χ2v) is 6.36. The topological polar surface area (TPSA) is 41.3 Å². The Labute approximate surface area is 122 Å². The Hall–Kier alpha value is -1.06. The fourth-order valence-corrected chi connectivity index (χ4v) is 3.68. The van der Waals surface area contributed by atoms with Crippen molar-refractivity contribution in [1.82, 2.24) is 4.90 Å². The van der Waals surface area contributed by atoms with Gasteiger partial charge in [0.05, 0.1) is 0 Å². The highest BCUT2D eigenvalue weighted by Gasteiger charge is 2.25. The van der Waals surface area contributed by atoms with Crippen molar-refractivity contribution >= 4 is 5.69 Å². The second kappa shape index (κ2) is 6.59. The molecule has 1 aliphatic carbocycles. The number of benzene rings is 1. The summed E-state index contributed by atoms with van der Waals surface area (Å²) in [6.45, 7) is 4.43. The summed E-state index contributed by atoms with van der Waals surface area (Å²) in [7, 11) is 0. The summed E-state index contributed by atoms with van der Waals surface area (Å²) in [6, 6.07) is 9.52. The number of likely N-dealkylation sites (tertiary alicyclic amines) is 1. The van der Waals surface area contributed by atoms with Crippen molar-refractivity contribution < 1.29 is 0 Å². The lowest BCUT2D eigenvalue weighted by Gasteiger charge is -2.21. The molecule has 1 heterocycles. The molecule has 2 atom stereocenters. The Morgan fingerprint density at radius 1 is 1.15 bits per heavy atom. The van der Waals surface area contributed by atoms with Gasteiger partial charge in [-0.15, -0.1) is 0 Å². The van der Waals surface area contributed by atoms with Gasteiger partial charge in [-0.05, 0) is 68.9 Å². The summed E-state index contributed by atoms with van der Waals surface area (Å²) in [5.41, 5.74) is 8.57. The van der Waals surface area contributed by atoms with Gasteiger partial charge in [0.15, 0.2) is 0 Å². The van der Waals surface area contributed by atoms with E-state index in [1.165, 1.54) is 56.4 Å². The lowest BCUT2D eigenvalue weighted by Crippen LogP contribution is -2.29. The first-order valence-electron chi connectivity index (χ1n) is 8.13. The van der Waals surface area contributed by atoms with Crippen LogP contribution in [-0.4, -0.2) is 30.6 Å². The first kappa shape index (κ1) is 13.9. The van der Waals surface area contributed by atoms with Crippen LogP contribution in [0.4, 0.5) is 5.69 Å². The van der Waals surface area contributed by atoms with Crippen LogP contribution < -0.4 is 11.1 Å². The van der Waals surface area contributed by atoms with Crippen molar-refractivity contribution in [3.8, 4) is 0 Å². The van der Waals surface area contributed by atoms with Crippen molar-refractivity contribution in [3.05, 3.63) is 29.8 Å². The molecule has 1 aromatic rings. The van der Waals surface area contributed by atoms with Crippen molar-refractivity contribution in [3.63, 3.8) is 0 Å². The van der Waals surface area contributed by atoms with E-state index in [4.69, 9.17) is 5.73 Å². The lowest BCUT2D eigenvalue weighted by molar-refractivity contribution is 0.331. The number of hydrogen-bond donors (Lipinski definition) is 2. The van der Waals surface area contributed by atoms with E-state index < -0.39 is 0 Å². The van der Waals surface area contributed by atoms with Gasteiger partial charge in [0.1, 0.15) is 0 Å². The zero-order valence-corrected chi connectivity index (χ0v) is 12.4. The standard InChI is InChI=1S/C17H27N3/c18-12-15-6-4-8-17(15)19-16-7-3-5-14(11-16)13-20-9-1-2-10-20/h3,5,7,11,15,17,19H,1-2,4,6,8-10,12-13,18H2. The zero-order chi connectivity index (χ0) is 13.8. The smallest absolute Gasteiger partial charge is 0.0345 e. The molecule has 1 saturated carbocycles. The molecule has 0 radical (unpaired) electrons. The monoisotopic (exact) mass is 273 g/mol. The highest BCUT2D eigenvalue weighted by atomic mass is 15.1. The first-order chi connectivity index (χ1) is 9.85. The third kappa shape index (κ3) is 3.33. The van der Waals surface area contributed by atoms with Crippen molar-refractivity contribution in [2.45, 2.75) is 44.7 Å². The molecule has 3 heteroatoms. The molecule has 20 heavy (non-hydrogen) atoms. The highest BCUT2D eigenvalue weighted by Crippen LogP contribution is 2.28. The number of rotatable bonds is 5. The Bertz CT molecular complexity index is 426. The lowest BCUT2D eigenvalue weighted by atomic mass is 10.0. The number of nitrogens with zero attached hydrogens (tertiary/aromatic N) is 1. The van der Waals surface area contributed by atoms with Gasteiger partial charge in [-0.25, -0.2) is 0 Å². The molecule has 0 amide bonds. The fourth-order valence-electron chi connectivity index (χ4n) is 3.68. The minimum Gasteiger partial charge on any atom is -0.382 e. The van der Waals surface area contributed by atoms with Crippen LogP contribution in [0.25, 0.3) is 0 Å². The number of anilines is 1. The molecule has 1 aliphatic heterocycles. The van der Waals surface area contributed by atoms with Crippen LogP contribution >= 0.6 is 0 Å². The average Bonchev–Trinajstić information content (AvgIpc) is 3.10. The molecule has 1 aromatic carbocycles. The summed E-state index contributed by atoms with van der Waals surface area (Å²) in [5.74, 6) is 0.650. The van der Waals surface area contributed by atoms with Gasteiger partial charge >= 0.3 is 0 Å². The van der Waals surface area contributed by atoms with Crippen LogP contribution in [0.5, 0.6) is 0 Å². The highest BCUT2D eigenvalue weighted by molar-refractivity contribution is 5.47. The third-order valence-electron chi connectivity index (χ3n) is 4.85. The van der Waals surface area contributed by atoms with E-state index in [0.717, 1.165) is 13.1 Å². The molecule has 2 unspecified atom stereocenters. The Morgan fingerprint density at radius 3 is 2.80 bits per heavy atom. The minimum atomic E-state index is 0.571. The van der Waals surface area contributed by atoms with E-state index >= 15 is 0 Å². The van der Waals surface area contributed by atoms with Gasteiger partial charge in [0.2, 0.25) is 0 Å². The van der Waals surface area contributed by atoms with Gasteiger partial charge in [0.25, 0.3) is 0 Å². The number of hydrogen-bond acceptors (Lipinski definition) is 3. The maximum Gasteiger partial charge on any atom is 0.0345 e. The molecule has 0 spiro atoms. The summed E-state index contributed by atoms with van der Waals surface area (Å²) in [5, 5.41) is 3.71. The van der Waals surface area contributed by atoms with E-state index in [9.17, 15) is 0 Å². The van der Waals surface area contributed by atoms with E-state index in [1.54, 1.807) is 0 Å². The Morgan fingerprint density at radius 2 is 2.00 bits per heavy atom. The van der Waals surface area contributed by atoms with Gasteiger partial charge in [-0.1, -0.05) is 18.6 Å². The maximum atomic E-state index is 5.87. The van der Waals surface area contributed by atoms with Crippen LogP contribution in [0.1, 0.15) is 37.7 Å². The fraction of sp³-hybridized carbons (Fsp3) is 0.647. The Balaban J connectivity index is 1.61. The van der Waals surface area contributed by atoms with Crippen LogP contribution in [0.3, 0.4) is 0 Å². The van der Waals surface area contributed by atoms with Crippen LogP contribution in [0, 0.1) is 5.92 Å². The summed E-state index contributed by atoms with van der Waals surface area (Å²) >= 11 is 0. The van der Waals surface area contributed by atoms with Gasteiger partial charge in [0, 0.05) is 18.3 Å². The summed E-state index contributed by atoms with van der Waals surface area (Å²) in [6.07, 6.45) is 6.57. The molecular weight excluding hydrogens is 246 g/mol. The molecule has 2 fully saturated rings. The molecule has 1 saturated heterocycles. The first-order valence-corrected chi connectivity index (χ1v) is 8.13. The number of nitrogens with one attached hydrogen (secondary N) is 1. The van der Waals surface area contributed by atoms with Crippen LogP contribution in [0.2, 0.25) is 0 Å². The molecule has 3 N–H and O–H groups in total. The molecule has 0 aromatic heterocycles. The molecule has 2 aliphatic rings. The zero-order valence-electron chi connectivity index (χ0n) is 12.4. The van der Waals surface area contributed by atoms with E-state index in [0.29, 0.717) is 12.0 Å². The SMILES string of the molecule is NCC1CCCC1Nc1cccc(CN2CCCC2)c1. The maximum absolute atomic E-state index is 5.87. The van der Waals surface area contributed by atoms with Crippen molar-refractivity contribution in [2.24, 2.45) is 11.7 Å². The molecular formula is C17H27N3. The van der Waals surface area contributed by atoms with Crippen LogP contribution in [-0.2, 0) is 6.54 Å². The van der Waals surface area contributed by atoms with Gasteiger partial charge in [-0.3, -0.25) is 4.90 Å². The predicted octanol–water partition coefficient (Wildman–Crippen LogP) is 2.82. The number of nitrogens with two attached hydrogens (primary N) is 1. The summed E-state index contributed by atoms with van der Waals surface area (Å²) in [4.78, 5) is 2.55. The molecule has 110 valence electrons. The summed E-state index contributed by atoms with van der Waals surface area (Å²) < 4.78 is 0. The molecule has 0 bridgehead atoms. The van der Waals surface area contributed by atoms with Crippen molar-refractivity contribution in [2.75, 3.05) is 25.0 Å². The van der Waals surface area contributed by atoms with E-state index in [1.807, 2.05) is 0 Å². The minimum absolute atomic E-state index is 0.571. The molecule has 3 nitrogen and oxygen atoms in total. The largest absolute Gasteiger partial charge is 0.382 e. The van der Waals surface area contributed by atoms with Gasteiger partial charge in [-0.2, -0.15) is 0 Å². The van der Waals surface area contributed by atoms with Crippen molar-refractivity contribution in [1.29, 1.82) is 0 Å². The Kier molecular flexibility index (Phi) is 4.58. The molecule has 3 rings (SSSR count). The van der Waals surface area contributed by atoms with E-state index in [2.05, 4.69) is 34.5 Å². The van der Waals surface area contributed by atoms with Crippen LogP contribution in [0.15, 0.2) is 24.3 Å². The predicted molar refractivity (Wildman–Crippen MR) is 84.8 cm³/mol. The average molecular weight is 273 g/mol. The quantitative estimate of drug-likeness (QED) is 0.867. The normalized spacial score (nSPS) is 27.1.